The molecule has 42 valence electrons. The zero-order valence-corrected chi connectivity index (χ0v) is 7.10. The minimum absolute atomic E-state index is 0. The quantitative estimate of drug-likeness (QED) is 0.257. The number of ketones is 1. The van der Waals surface area contributed by atoms with Crippen LogP contribution >= 0.6 is 11.6 Å². The number of hydrogen-bond acceptors (Lipinski definition) is 2. The van der Waals surface area contributed by atoms with Crippen molar-refractivity contribution in [3.63, 3.8) is 0 Å². The van der Waals surface area contributed by atoms with Gasteiger partial charge in [-0.1, -0.05) is 0 Å². The van der Waals surface area contributed by atoms with Gasteiger partial charge in [-0.15, -0.1) is 11.6 Å². The molecular formula is C3H4ClNaO3. The molecule has 0 aromatic rings. The fourth-order valence-electron chi connectivity index (χ4n) is 0.0572. The van der Waals surface area contributed by atoms with Gasteiger partial charge in [-0.3, -0.25) is 4.79 Å². The number of rotatable bonds is 2. The maximum absolute atomic E-state index is 9.78. The van der Waals surface area contributed by atoms with Gasteiger partial charge in [-0.2, -0.15) is 0 Å². The van der Waals surface area contributed by atoms with Crippen LogP contribution in [0.4, 0.5) is 0 Å². The number of carbonyl (C=O) groups is 2. The molecule has 0 aliphatic carbocycles. The van der Waals surface area contributed by atoms with Gasteiger partial charge in [-0.05, 0) is 0 Å². The van der Waals surface area contributed by atoms with E-state index in [1.807, 2.05) is 0 Å². The number of halogens is 1. The van der Waals surface area contributed by atoms with Crippen LogP contribution in [0.15, 0.2) is 0 Å². The summed E-state index contributed by atoms with van der Waals surface area (Å²) in [5, 5.41) is 7.75. The Morgan fingerprint density at radius 2 is 2.00 bits per heavy atom. The second-order valence-electron chi connectivity index (χ2n) is 0.862. The molecule has 0 spiro atoms. The molecule has 0 amide bonds. The number of hydrogen-bond donors (Lipinski definition) is 1. The molecule has 0 aliphatic heterocycles. The molecule has 0 atom stereocenters. The van der Waals surface area contributed by atoms with E-state index in [0.717, 1.165) is 0 Å². The summed E-state index contributed by atoms with van der Waals surface area (Å²) in [6, 6.07) is 0. The molecule has 0 unspecified atom stereocenters. The third kappa shape index (κ3) is 4.59. The van der Waals surface area contributed by atoms with Crippen LogP contribution in [0.25, 0.3) is 0 Å². The Balaban J connectivity index is -0.000000180. The van der Waals surface area contributed by atoms with E-state index in [-0.39, 0.29) is 31.0 Å². The number of Topliss-reactive ketones (excluding diaryl/α,β-unsaturated/α-hetero) is 1. The van der Waals surface area contributed by atoms with E-state index >= 15 is 0 Å². The summed E-state index contributed by atoms with van der Waals surface area (Å²) in [4.78, 5) is 19.3. The minimum atomic E-state index is -1.48. The van der Waals surface area contributed by atoms with Crippen molar-refractivity contribution in [1.29, 1.82) is 0 Å². The Morgan fingerprint density at radius 1 is 1.62 bits per heavy atom. The first-order valence-electron chi connectivity index (χ1n) is 1.50. The van der Waals surface area contributed by atoms with Crippen molar-refractivity contribution in [3.8, 4) is 0 Å². The van der Waals surface area contributed by atoms with Crippen LogP contribution in [0.5, 0.6) is 0 Å². The van der Waals surface area contributed by atoms with E-state index in [0.29, 0.717) is 0 Å². The molecule has 0 fully saturated rings. The number of carbonyl (C=O) groups excluding carboxylic acids is 1. The molecule has 0 heterocycles. The molecule has 1 N–H and O–H groups in total. The van der Waals surface area contributed by atoms with E-state index in [2.05, 4.69) is 0 Å². The van der Waals surface area contributed by atoms with E-state index in [4.69, 9.17) is 16.7 Å². The van der Waals surface area contributed by atoms with E-state index in [1.165, 1.54) is 0 Å². The Kier molecular flexibility index (Phi) is 7.83. The zero-order valence-electron chi connectivity index (χ0n) is 5.35. The van der Waals surface area contributed by atoms with Gasteiger partial charge in [0.2, 0.25) is 0 Å². The monoisotopic (exact) mass is 146 g/mol. The van der Waals surface area contributed by atoms with Crippen LogP contribution in [0.3, 0.4) is 0 Å². The van der Waals surface area contributed by atoms with E-state index in [1.54, 1.807) is 0 Å². The van der Waals surface area contributed by atoms with E-state index in [9.17, 15) is 9.59 Å². The largest absolute Gasteiger partial charge is 1.00 e. The minimum Gasteiger partial charge on any atom is -1.00 e. The first kappa shape index (κ1) is 11.3. The third-order valence-corrected chi connectivity index (χ3v) is 0.603. The molecule has 5 heteroatoms. The van der Waals surface area contributed by atoms with Crippen molar-refractivity contribution in [2.75, 3.05) is 5.88 Å². The Morgan fingerprint density at radius 3 is 2.00 bits per heavy atom. The normalized spacial score (nSPS) is 7.12. The van der Waals surface area contributed by atoms with Gasteiger partial charge in [0.1, 0.15) is 0 Å². The third-order valence-electron chi connectivity index (χ3n) is 0.360. The summed E-state index contributed by atoms with van der Waals surface area (Å²) in [6.45, 7) is 0. The van der Waals surface area contributed by atoms with Crippen molar-refractivity contribution in [2.45, 2.75) is 0 Å². The first-order valence-corrected chi connectivity index (χ1v) is 2.04. The molecule has 3 nitrogen and oxygen atoms in total. The van der Waals surface area contributed by atoms with Crippen molar-refractivity contribution in [3.05, 3.63) is 0 Å². The average Bonchev–Trinajstić information content (AvgIpc) is 1.65. The molecule has 0 saturated carbocycles. The van der Waals surface area contributed by atoms with Gasteiger partial charge < -0.3 is 6.53 Å². The van der Waals surface area contributed by atoms with Gasteiger partial charge >= 0.3 is 35.5 Å². The summed E-state index contributed by atoms with van der Waals surface area (Å²) in [7, 11) is 0. The van der Waals surface area contributed by atoms with Gasteiger partial charge in [0.05, 0.1) is 5.88 Å². The van der Waals surface area contributed by atoms with Crippen molar-refractivity contribution >= 4 is 23.4 Å². The summed E-state index contributed by atoms with van der Waals surface area (Å²) >= 11 is 4.82. The van der Waals surface area contributed by atoms with Crippen molar-refractivity contribution < 1.29 is 45.7 Å². The van der Waals surface area contributed by atoms with Gasteiger partial charge in [0.15, 0.2) is 0 Å². The average molecular weight is 147 g/mol. The van der Waals surface area contributed by atoms with Crippen LogP contribution in [0.2, 0.25) is 0 Å². The second-order valence-corrected chi connectivity index (χ2v) is 1.13. The predicted octanol–water partition coefficient (Wildman–Crippen LogP) is -3.00. The van der Waals surface area contributed by atoms with Crippen molar-refractivity contribution in [1.82, 2.24) is 0 Å². The summed E-state index contributed by atoms with van der Waals surface area (Å²) in [5.74, 6) is -2.90. The molecule has 0 aromatic heterocycles. The Labute approximate surface area is 74.8 Å². The van der Waals surface area contributed by atoms with Crippen LogP contribution in [0, 0.1) is 0 Å². The Hall–Kier alpha value is 0.430. The fourth-order valence-corrected chi connectivity index (χ4v) is 0.171. The van der Waals surface area contributed by atoms with E-state index < -0.39 is 17.6 Å². The van der Waals surface area contributed by atoms with Crippen LogP contribution in [-0.4, -0.2) is 22.7 Å². The maximum atomic E-state index is 9.78. The smallest absolute Gasteiger partial charge is 1.00 e. The molecule has 0 bridgehead atoms. The molecular weight excluding hydrogens is 142 g/mol. The topological polar surface area (TPSA) is 54.4 Å². The molecule has 8 heavy (non-hydrogen) atoms. The standard InChI is InChI=1S/C3H3ClO3.Na.H/c4-1-2(5)3(6)7;;/h1H2,(H,6,7);;/q;+1;-1. The van der Waals surface area contributed by atoms with Gasteiger partial charge in [0, 0.05) is 0 Å². The van der Waals surface area contributed by atoms with Crippen LogP contribution in [0.1, 0.15) is 1.43 Å². The van der Waals surface area contributed by atoms with Gasteiger partial charge in [0.25, 0.3) is 5.78 Å². The molecule has 0 radical (unpaired) electrons. The van der Waals surface area contributed by atoms with Crippen LogP contribution < -0.4 is 29.6 Å². The van der Waals surface area contributed by atoms with Crippen molar-refractivity contribution in [2.24, 2.45) is 0 Å². The number of carboxylic acids is 1. The first-order chi connectivity index (χ1) is 3.18. The molecule has 0 aromatic carbocycles. The molecule has 0 rings (SSSR count). The fraction of sp³-hybridized carbons (Fsp3) is 0.333. The molecule has 0 aliphatic rings. The molecule has 0 saturated heterocycles. The zero-order chi connectivity index (χ0) is 5.86. The Bertz CT molecular complexity index is 107. The predicted molar refractivity (Wildman–Crippen MR) is 24.5 cm³/mol. The summed E-state index contributed by atoms with van der Waals surface area (Å²) < 4.78 is 0. The number of carboxylic acid groups (broad SMARTS) is 1. The second kappa shape index (κ2) is 5.56. The number of alkyl halides is 1. The number of aliphatic carboxylic acids is 1. The van der Waals surface area contributed by atoms with Gasteiger partial charge in [-0.25, -0.2) is 4.79 Å². The summed E-state index contributed by atoms with van der Waals surface area (Å²) in [6.07, 6.45) is 0. The van der Waals surface area contributed by atoms with Crippen LogP contribution in [-0.2, 0) is 9.59 Å². The summed E-state index contributed by atoms with van der Waals surface area (Å²) in [5.41, 5.74) is 0. The SMILES string of the molecule is O=C(O)C(=O)CCl.[H-].[Na+]. The maximum Gasteiger partial charge on any atom is 1.00 e.